The monoisotopic (exact) mass is 635 g/mol. The Morgan fingerprint density at radius 1 is 1.07 bits per heavy atom. The second-order valence-electron chi connectivity index (χ2n) is 9.19. The predicted octanol–water partition coefficient (Wildman–Crippen LogP) is -1.65. The molecule has 0 radical (unpaired) electrons. The highest BCUT2D eigenvalue weighted by atomic mass is 32.5. The standard InChI is InChI=1S/C19H22FN7O11P2S/c20-12-14-10(36-18(12)26-2-1-11(28)25-19(26)29)5-33-39(30,31)37-9-3-8(4-34-40(32,41)38-14)35-17(9)27-7-24-13-15(21)22-6-23-16(13)27/h1-2,6-10,12,14,17-18H,3-5H2,(H,30,31)(H,32,41)(H2,21,22,23)(H,25,28,29)/p-2/t8-,9+,10+,12+,14+,17+,18+,40?/m0/s1. The number of anilines is 1. The van der Waals surface area contributed by atoms with E-state index in [-0.39, 0.29) is 23.4 Å². The van der Waals surface area contributed by atoms with Crippen molar-refractivity contribution in [3.63, 3.8) is 0 Å². The highest BCUT2D eigenvalue weighted by Crippen LogP contribution is 2.51. The minimum absolute atomic E-state index is 0.0768. The number of hydrogen-bond acceptors (Lipinski definition) is 16. The molecule has 2 bridgehead atoms. The zero-order chi connectivity index (χ0) is 29.1. The molecule has 6 rings (SSSR count). The smallest absolute Gasteiger partial charge is 0.330 e. The van der Waals surface area contributed by atoms with E-state index in [1.165, 1.54) is 17.2 Å². The maximum atomic E-state index is 15.5. The minimum Gasteiger partial charge on any atom is -0.780 e. The summed E-state index contributed by atoms with van der Waals surface area (Å²) in [4.78, 5) is 63.7. The largest absolute Gasteiger partial charge is 0.780 e. The maximum Gasteiger partial charge on any atom is 0.330 e. The Bertz CT molecular complexity index is 1690. The SMILES string of the molecule is Nc1ncnc2c1ncn2[C@@H]1O[C@@H]2COP([O-])(=S)O[C@H]3[C@@H](F)[C@H](n4ccc(=O)[nH]c4=O)O[C@@H]3COP(=O)([O-])O[C@@H]1C2. The Morgan fingerprint density at radius 3 is 2.66 bits per heavy atom. The van der Waals surface area contributed by atoms with Gasteiger partial charge in [-0.05, 0) is 0 Å². The molecule has 3 fully saturated rings. The maximum absolute atomic E-state index is 15.5. The lowest BCUT2D eigenvalue weighted by Gasteiger charge is -2.34. The normalized spacial score (nSPS) is 38.2. The van der Waals surface area contributed by atoms with Crippen LogP contribution in [-0.2, 0) is 43.9 Å². The predicted molar refractivity (Wildman–Crippen MR) is 132 cm³/mol. The van der Waals surface area contributed by atoms with E-state index < -0.39 is 82.0 Å². The third-order valence-corrected chi connectivity index (χ3v) is 9.06. The summed E-state index contributed by atoms with van der Waals surface area (Å²) < 4.78 is 62.9. The number of imidazole rings is 1. The number of aromatic amines is 1. The van der Waals surface area contributed by atoms with E-state index >= 15 is 4.39 Å². The zero-order valence-electron chi connectivity index (χ0n) is 20.5. The lowest BCUT2D eigenvalue weighted by atomic mass is 10.1. The topological polar surface area (TPSA) is 243 Å². The summed E-state index contributed by atoms with van der Waals surface area (Å²) in [6.45, 7) is -5.78. The fourth-order valence-corrected chi connectivity index (χ4v) is 7.09. The fraction of sp³-hybridized carbons (Fsp3) is 0.526. The fourth-order valence-electron chi connectivity index (χ4n) is 4.74. The molecule has 0 spiro atoms. The molecule has 41 heavy (non-hydrogen) atoms. The summed E-state index contributed by atoms with van der Waals surface area (Å²) in [6.07, 6.45) is -7.20. The molecular formula is C19H20FN7O11P2S-2. The van der Waals surface area contributed by atoms with Gasteiger partial charge in [-0.25, -0.2) is 24.1 Å². The van der Waals surface area contributed by atoms with Gasteiger partial charge in [-0.15, -0.1) is 0 Å². The van der Waals surface area contributed by atoms with Crippen LogP contribution in [0.15, 0.2) is 34.5 Å². The van der Waals surface area contributed by atoms with Gasteiger partial charge in [0.05, 0.1) is 25.6 Å². The van der Waals surface area contributed by atoms with Gasteiger partial charge >= 0.3 is 5.69 Å². The second-order valence-corrected chi connectivity index (χ2v) is 13.3. The lowest BCUT2D eigenvalue weighted by molar-refractivity contribution is -0.236. The van der Waals surface area contributed by atoms with E-state index in [2.05, 4.69) is 15.0 Å². The van der Waals surface area contributed by atoms with Crippen molar-refractivity contribution in [2.24, 2.45) is 0 Å². The second kappa shape index (κ2) is 10.7. The average Bonchev–Trinajstić information content (AvgIpc) is 3.58. The summed E-state index contributed by atoms with van der Waals surface area (Å²) in [5.74, 6) is 0.0768. The van der Waals surface area contributed by atoms with Crippen LogP contribution in [0.5, 0.6) is 0 Å². The molecule has 22 heteroatoms. The highest BCUT2D eigenvalue weighted by Gasteiger charge is 2.50. The first-order chi connectivity index (χ1) is 19.4. The Balaban J connectivity index is 1.29. The number of aromatic nitrogens is 6. The van der Waals surface area contributed by atoms with Gasteiger partial charge in [0.15, 0.2) is 30.1 Å². The number of ether oxygens (including phenoxy) is 2. The highest BCUT2D eigenvalue weighted by molar-refractivity contribution is 8.06. The number of alkyl halides is 1. The van der Waals surface area contributed by atoms with Crippen LogP contribution >= 0.6 is 14.5 Å². The van der Waals surface area contributed by atoms with Crippen LogP contribution in [-0.4, -0.2) is 72.9 Å². The summed E-state index contributed by atoms with van der Waals surface area (Å²) in [6, 6.07) is 0.944. The molecular weight excluding hydrogens is 615 g/mol. The van der Waals surface area contributed by atoms with Crippen molar-refractivity contribution < 1.29 is 46.3 Å². The van der Waals surface area contributed by atoms with Crippen molar-refractivity contribution in [2.75, 3.05) is 18.9 Å². The average molecular weight is 635 g/mol. The lowest BCUT2D eigenvalue weighted by Crippen LogP contribution is -2.37. The van der Waals surface area contributed by atoms with Crippen LogP contribution in [0.25, 0.3) is 11.2 Å². The summed E-state index contributed by atoms with van der Waals surface area (Å²) in [7, 11) is -5.15. The number of phosphoric ester groups is 1. The number of nitrogens with two attached hydrogens (primary N) is 1. The number of halogens is 1. The molecule has 0 aromatic carbocycles. The molecule has 3 aliphatic heterocycles. The van der Waals surface area contributed by atoms with Gasteiger partial charge in [0, 0.05) is 18.7 Å². The van der Waals surface area contributed by atoms with Gasteiger partial charge in [0.25, 0.3) is 13.4 Å². The first-order valence-electron chi connectivity index (χ1n) is 11.9. The Labute approximate surface area is 233 Å². The molecule has 3 N–H and O–H groups in total. The number of nitrogens with zero attached hydrogens (tertiary/aromatic N) is 5. The van der Waals surface area contributed by atoms with Crippen LogP contribution in [0.4, 0.5) is 10.2 Å². The molecule has 6 heterocycles. The molecule has 0 saturated carbocycles. The summed E-state index contributed by atoms with van der Waals surface area (Å²) in [5, 5.41) is 0. The number of phosphoric acid groups is 1. The molecule has 18 nitrogen and oxygen atoms in total. The van der Waals surface area contributed by atoms with Crippen molar-refractivity contribution >= 4 is 43.3 Å². The number of H-pyrrole nitrogens is 1. The molecule has 3 aromatic rings. The van der Waals surface area contributed by atoms with Crippen molar-refractivity contribution in [2.45, 2.75) is 49.5 Å². The van der Waals surface area contributed by atoms with Gasteiger partial charge in [-0.2, -0.15) is 0 Å². The number of hydrogen-bond donors (Lipinski definition) is 2. The third-order valence-electron chi connectivity index (χ3n) is 6.53. The van der Waals surface area contributed by atoms with Crippen LogP contribution in [0, 0.1) is 0 Å². The number of nitrogens with one attached hydrogen (secondary N) is 1. The quantitative estimate of drug-likeness (QED) is 0.300. The van der Waals surface area contributed by atoms with Gasteiger partial charge < -0.3 is 43.1 Å². The van der Waals surface area contributed by atoms with E-state index in [0.29, 0.717) is 4.57 Å². The number of nitrogen functional groups attached to an aromatic ring is 1. The Hall–Kier alpha value is -2.48. The molecule has 0 aliphatic carbocycles. The minimum atomic E-state index is -5.15. The van der Waals surface area contributed by atoms with Crippen LogP contribution in [0.1, 0.15) is 18.9 Å². The molecule has 3 saturated heterocycles. The Kier molecular flexibility index (Phi) is 7.44. The molecule has 2 unspecified atom stereocenters. The van der Waals surface area contributed by atoms with E-state index in [1.54, 1.807) is 0 Å². The van der Waals surface area contributed by atoms with Crippen LogP contribution in [0.2, 0.25) is 0 Å². The van der Waals surface area contributed by atoms with E-state index in [0.717, 1.165) is 12.3 Å². The summed E-state index contributed by atoms with van der Waals surface area (Å²) in [5.41, 5.74) is 4.53. The van der Waals surface area contributed by atoms with Gasteiger partial charge in [-0.3, -0.25) is 23.5 Å². The van der Waals surface area contributed by atoms with E-state index in [9.17, 15) is 23.9 Å². The third kappa shape index (κ3) is 5.65. The van der Waals surface area contributed by atoms with Crippen LogP contribution in [0.3, 0.4) is 0 Å². The zero-order valence-corrected chi connectivity index (χ0v) is 23.1. The van der Waals surface area contributed by atoms with Gasteiger partial charge in [-0.1, -0.05) is 11.8 Å². The molecule has 9 atom stereocenters. The van der Waals surface area contributed by atoms with E-state index in [1.807, 2.05) is 4.98 Å². The van der Waals surface area contributed by atoms with Crippen molar-refractivity contribution in [1.82, 2.24) is 29.1 Å². The number of rotatable bonds is 2. The number of fused-ring (bicyclic) bond motifs is 4. The Morgan fingerprint density at radius 2 is 1.88 bits per heavy atom. The van der Waals surface area contributed by atoms with Crippen molar-refractivity contribution in [3.8, 4) is 0 Å². The van der Waals surface area contributed by atoms with E-state index in [4.69, 9.17) is 45.1 Å². The summed E-state index contributed by atoms with van der Waals surface area (Å²) >= 11 is 4.96. The van der Waals surface area contributed by atoms with Crippen molar-refractivity contribution in [1.29, 1.82) is 0 Å². The first kappa shape index (κ1) is 28.6. The van der Waals surface area contributed by atoms with Gasteiger partial charge in [0.1, 0.15) is 36.9 Å². The molecule has 0 amide bonds. The van der Waals surface area contributed by atoms with Crippen LogP contribution < -0.4 is 26.8 Å². The molecule has 3 aliphatic rings. The molecule has 222 valence electrons. The van der Waals surface area contributed by atoms with Crippen molar-refractivity contribution in [3.05, 3.63) is 45.8 Å². The molecule has 3 aromatic heterocycles. The van der Waals surface area contributed by atoms with Gasteiger partial charge in [0.2, 0.25) is 0 Å². The first-order valence-corrected chi connectivity index (χ1v) is 15.9.